The Morgan fingerprint density at radius 2 is 2.10 bits per heavy atom. The summed E-state index contributed by atoms with van der Waals surface area (Å²) in [5, 5.41) is 4.71. The first kappa shape index (κ1) is 13.7. The van der Waals surface area contributed by atoms with Crippen LogP contribution in [-0.2, 0) is 0 Å². The topological polar surface area (TPSA) is 34.1 Å². The molecule has 0 amide bonds. The molecule has 0 aliphatic heterocycles. The average molecular weight is 370 g/mol. The number of nitrogens with one attached hydrogen (secondary N) is 1. The van der Waals surface area contributed by atoms with Crippen molar-refractivity contribution >= 4 is 59.9 Å². The number of benzene rings is 2. The lowest BCUT2D eigenvalue weighted by Crippen LogP contribution is -1.93. The summed E-state index contributed by atoms with van der Waals surface area (Å²) in [7, 11) is 1.63. The number of nitrogens with zero attached hydrogens (tertiary/aromatic N) is 1. The summed E-state index contributed by atoms with van der Waals surface area (Å²) >= 11 is 11.1. The van der Waals surface area contributed by atoms with Gasteiger partial charge < -0.3 is 10.1 Å². The molecular weight excluding hydrogens is 360 g/mol. The van der Waals surface area contributed by atoms with E-state index in [4.69, 9.17) is 16.3 Å². The van der Waals surface area contributed by atoms with Crippen LogP contribution in [0.2, 0.25) is 5.02 Å². The Hall–Kier alpha value is -1.30. The zero-order chi connectivity index (χ0) is 14.1. The van der Waals surface area contributed by atoms with E-state index in [0.29, 0.717) is 5.02 Å². The molecule has 0 unspecified atom stereocenters. The van der Waals surface area contributed by atoms with E-state index >= 15 is 0 Å². The third kappa shape index (κ3) is 2.75. The van der Waals surface area contributed by atoms with E-state index < -0.39 is 0 Å². The van der Waals surface area contributed by atoms with E-state index in [-0.39, 0.29) is 0 Å². The third-order valence-electron chi connectivity index (χ3n) is 2.75. The van der Waals surface area contributed by atoms with Gasteiger partial charge >= 0.3 is 0 Å². The lowest BCUT2D eigenvalue weighted by molar-refractivity contribution is 0.417. The molecule has 0 saturated heterocycles. The van der Waals surface area contributed by atoms with Gasteiger partial charge in [0.15, 0.2) is 5.13 Å². The summed E-state index contributed by atoms with van der Waals surface area (Å²) in [6.45, 7) is 0. The zero-order valence-electron chi connectivity index (χ0n) is 10.5. The minimum atomic E-state index is 0.650. The monoisotopic (exact) mass is 368 g/mol. The Balaban J connectivity index is 1.98. The van der Waals surface area contributed by atoms with Crippen molar-refractivity contribution in [3.05, 3.63) is 45.9 Å². The van der Waals surface area contributed by atoms with Gasteiger partial charge in [0, 0.05) is 9.50 Å². The van der Waals surface area contributed by atoms with E-state index in [1.807, 2.05) is 30.3 Å². The highest BCUT2D eigenvalue weighted by Crippen LogP contribution is 2.34. The van der Waals surface area contributed by atoms with Crippen LogP contribution in [0.1, 0.15) is 0 Å². The number of rotatable bonds is 3. The highest BCUT2D eigenvalue weighted by Gasteiger charge is 2.08. The summed E-state index contributed by atoms with van der Waals surface area (Å²) in [5.41, 5.74) is 1.76. The first-order valence-corrected chi connectivity index (χ1v) is 7.81. The Labute approximate surface area is 133 Å². The first-order valence-electron chi connectivity index (χ1n) is 5.82. The van der Waals surface area contributed by atoms with Crippen molar-refractivity contribution in [1.29, 1.82) is 0 Å². The number of anilines is 2. The molecule has 3 rings (SSSR count). The first-order chi connectivity index (χ1) is 9.65. The van der Waals surface area contributed by atoms with Gasteiger partial charge in [-0.15, -0.1) is 0 Å². The van der Waals surface area contributed by atoms with Gasteiger partial charge in [0.2, 0.25) is 0 Å². The van der Waals surface area contributed by atoms with Crippen LogP contribution in [0.3, 0.4) is 0 Å². The fraction of sp³-hybridized carbons (Fsp3) is 0.0714. The van der Waals surface area contributed by atoms with E-state index in [1.54, 1.807) is 24.5 Å². The molecule has 0 fully saturated rings. The zero-order valence-corrected chi connectivity index (χ0v) is 13.6. The quantitative estimate of drug-likeness (QED) is 0.665. The lowest BCUT2D eigenvalue weighted by Gasteiger charge is -2.08. The molecule has 20 heavy (non-hydrogen) atoms. The predicted molar refractivity (Wildman–Crippen MR) is 88.6 cm³/mol. The van der Waals surface area contributed by atoms with Gasteiger partial charge in [0.1, 0.15) is 5.75 Å². The molecule has 0 radical (unpaired) electrons. The summed E-state index contributed by atoms with van der Waals surface area (Å²) in [6.07, 6.45) is 0. The van der Waals surface area contributed by atoms with Crippen LogP contribution in [0, 0.1) is 0 Å². The number of fused-ring (bicyclic) bond motifs is 1. The Morgan fingerprint density at radius 1 is 1.25 bits per heavy atom. The fourth-order valence-electron chi connectivity index (χ4n) is 1.85. The minimum absolute atomic E-state index is 0.650. The van der Waals surface area contributed by atoms with Crippen LogP contribution in [0.15, 0.2) is 40.9 Å². The molecule has 2 aromatic carbocycles. The van der Waals surface area contributed by atoms with Crippen LogP contribution in [0.25, 0.3) is 10.2 Å². The van der Waals surface area contributed by atoms with E-state index in [2.05, 4.69) is 26.2 Å². The van der Waals surface area contributed by atoms with Crippen molar-refractivity contribution in [2.24, 2.45) is 0 Å². The number of methoxy groups -OCH3 is 1. The summed E-state index contributed by atoms with van der Waals surface area (Å²) in [5.74, 6) is 0.731. The second kappa shape index (κ2) is 5.60. The highest BCUT2D eigenvalue weighted by molar-refractivity contribution is 9.10. The molecule has 0 saturated carbocycles. The van der Waals surface area contributed by atoms with E-state index in [1.165, 1.54) is 0 Å². The normalized spacial score (nSPS) is 10.8. The second-order valence-electron chi connectivity index (χ2n) is 4.10. The Bertz CT molecular complexity index is 775. The number of thiazole rings is 1. The SMILES string of the molecule is COc1ccc(Cl)cc1Nc1nc2ccc(Br)cc2s1. The highest BCUT2D eigenvalue weighted by atomic mass is 79.9. The summed E-state index contributed by atoms with van der Waals surface area (Å²) in [6, 6.07) is 11.5. The predicted octanol–water partition coefficient (Wildman–Crippen LogP) is 5.46. The van der Waals surface area contributed by atoms with Crippen LogP contribution in [-0.4, -0.2) is 12.1 Å². The molecule has 3 nitrogen and oxygen atoms in total. The molecule has 1 aromatic heterocycles. The number of ether oxygens (including phenoxy) is 1. The maximum Gasteiger partial charge on any atom is 0.188 e. The van der Waals surface area contributed by atoms with Gasteiger partial charge in [-0.1, -0.05) is 38.9 Å². The number of hydrogen-bond acceptors (Lipinski definition) is 4. The minimum Gasteiger partial charge on any atom is -0.495 e. The number of hydrogen-bond donors (Lipinski definition) is 1. The Morgan fingerprint density at radius 3 is 2.90 bits per heavy atom. The molecule has 6 heteroatoms. The van der Waals surface area contributed by atoms with Crippen molar-refractivity contribution < 1.29 is 4.74 Å². The van der Waals surface area contributed by atoms with E-state index in [9.17, 15) is 0 Å². The molecule has 0 aliphatic carbocycles. The number of halogens is 2. The van der Waals surface area contributed by atoms with Crippen LogP contribution in [0.4, 0.5) is 10.8 Å². The maximum absolute atomic E-state index is 6.02. The van der Waals surface area contributed by atoms with Crippen molar-refractivity contribution in [2.45, 2.75) is 0 Å². The van der Waals surface area contributed by atoms with Gasteiger partial charge in [-0.2, -0.15) is 0 Å². The summed E-state index contributed by atoms with van der Waals surface area (Å²) in [4.78, 5) is 4.54. The van der Waals surface area contributed by atoms with Crippen LogP contribution < -0.4 is 10.1 Å². The smallest absolute Gasteiger partial charge is 0.188 e. The van der Waals surface area contributed by atoms with E-state index in [0.717, 1.165) is 31.3 Å². The van der Waals surface area contributed by atoms with Crippen molar-refractivity contribution in [1.82, 2.24) is 4.98 Å². The molecule has 3 aromatic rings. The van der Waals surface area contributed by atoms with Gasteiger partial charge in [0.05, 0.1) is 23.0 Å². The van der Waals surface area contributed by atoms with Crippen molar-refractivity contribution in [3.8, 4) is 5.75 Å². The molecule has 0 aliphatic rings. The lowest BCUT2D eigenvalue weighted by atomic mass is 10.3. The average Bonchev–Trinajstić information content (AvgIpc) is 2.80. The van der Waals surface area contributed by atoms with Gasteiger partial charge in [-0.25, -0.2) is 4.98 Å². The van der Waals surface area contributed by atoms with Gasteiger partial charge in [0.25, 0.3) is 0 Å². The number of aromatic nitrogens is 1. The molecule has 1 N–H and O–H groups in total. The molecule has 1 heterocycles. The van der Waals surface area contributed by atoms with Gasteiger partial charge in [-0.3, -0.25) is 0 Å². The van der Waals surface area contributed by atoms with Crippen molar-refractivity contribution in [2.75, 3.05) is 12.4 Å². The van der Waals surface area contributed by atoms with Crippen molar-refractivity contribution in [3.63, 3.8) is 0 Å². The Kier molecular flexibility index (Phi) is 3.83. The standard InChI is InChI=1S/C14H10BrClN2OS/c1-19-12-5-3-9(16)7-11(12)18-14-17-10-4-2-8(15)6-13(10)20-14/h2-7H,1H3,(H,17,18). The third-order valence-corrected chi connectivity index (χ3v) is 4.42. The fourth-order valence-corrected chi connectivity index (χ4v) is 3.45. The largest absolute Gasteiger partial charge is 0.495 e. The van der Waals surface area contributed by atoms with Gasteiger partial charge in [-0.05, 0) is 36.4 Å². The molecule has 0 atom stereocenters. The summed E-state index contributed by atoms with van der Waals surface area (Å²) < 4.78 is 7.47. The molecule has 102 valence electrons. The molecule has 0 bridgehead atoms. The van der Waals surface area contributed by atoms with Crippen LogP contribution in [0.5, 0.6) is 5.75 Å². The molecular formula is C14H10BrClN2OS. The second-order valence-corrected chi connectivity index (χ2v) is 6.48. The molecule has 0 spiro atoms. The van der Waals surface area contributed by atoms with Crippen LogP contribution >= 0.6 is 38.9 Å². The maximum atomic E-state index is 6.02.